The normalized spacial score (nSPS) is 25.9. The van der Waals surface area contributed by atoms with Crippen LogP contribution in [0.4, 0.5) is 4.39 Å². The molecule has 2 unspecified atom stereocenters. The summed E-state index contributed by atoms with van der Waals surface area (Å²) in [4.78, 5) is 2.71. The lowest BCUT2D eigenvalue weighted by Gasteiger charge is -2.44. The Balaban J connectivity index is 1.37. The van der Waals surface area contributed by atoms with Gasteiger partial charge in [-0.3, -0.25) is 4.90 Å². The molecule has 1 aromatic rings. The number of rotatable bonds is 6. The molecule has 1 aromatic carbocycles. The molecule has 2 nitrogen and oxygen atoms in total. The van der Waals surface area contributed by atoms with Crippen LogP contribution >= 0.6 is 0 Å². The lowest BCUT2D eigenvalue weighted by Crippen LogP contribution is -2.48. The van der Waals surface area contributed by atoms with Crippen molar-refractivity contribution in [2.75, 3.05) is 26.2 Å². The zero-order valence-electron chi connectivity index (χ0n) is 13.6. The molecule has 1 heterocycles. The van der Waals surface area contributed by atoms with Crippen LogP contribution in [0, 0.1) is 11.7 Å². The average molecular weight is 304 g/mol. The van der Waals surface area contributed by atoms with Crippen molar-refractivity contribution in [2.45, 2.75) is 51.0 Å². The van der Waals surface area contributed by atoms with Gasteiger partial charge in [0.05, 0.1) is 0 Å². The third-order valence-corrected chi connectivity index (χ3v) is 5.46. The molecule has 2 atom stereocenters. The van der Waals surface area contributed by atoms with Crippen LogP contribution in [0.15, 0.2) is 24.3 Å². The van der Waals surface area contributed by atoms with Gasteiger partial charge in [0.1, 0.15) is 5.82 Å². The van der Waals surface area contributed by atoms with Crippen LogP contribution in [0.5, 0.6) is 0 Å². The zero-order valence-corrected chi connectivity index (χ0v) is 13.6. The highest BCUT2D eigenvalue weighted by Crippen LogP contribution is 2.34. The summed E-state index contributed by atoms with van der Waals surface area (Å²) in [6.07, 6.45) is 9.30. The standard InChI is InChI=1S/C19H29FN2/c20-18-9-3-1-6-16(18)11-12-21-13-15-22-14-5-8-17-7-2-4-10-19(17)22/h1,3,6,9,17,19,21H,2,4-5,7-8,10-15H2. The third-order valence-electron chi connectivity index (χ3n) is 5.46. The predicted molar refractivity (Wildman–Crippen MR) is 89.5 cm³/mol. The van der Waals surface area contributed by atoms with Gasteiger partial charge in [0.15, 0.2) is 0 Å². The number of piperidine rings is 1. The summed E-state index contributed by atoms with van der Waals surface area (Å²) in [7, 11) is 0. The van der Waals surface area contributed by atoms with E-state index in [-0.39, 0.29) is 5.82 Å². The number of likely N-dealkylation sites (tertiary alicyclic amines) is 1. The van der Waals surface area contributed by atoms with Crippen molar-refractivity contribution in [2.24, 2.45) is 5.92 Å². The Morgan fingerprint density at radius 2 is 1.86 bits per heavy atom. The molecule has 122 valence electrons. The highest BCUT2D eigenvalue weighted by molar-refractivity contribution is 5.17. The van der Waals surface area contributed by atoms with Crippen molar-refractivity contribution >= 4 is 0 Å². The number of nitrogens with zero attached hydrogens (tertiary/aromatic N) is 1. The van der Waals surface area contributed by atoms with E-state index >= 15 is 0 Å². The molecule has 1 aliphatic heterocycles. The van der Waals surface area contributed by atoms with Gasteiger partial charge >= 0.3 is 0 Å². The predicted octanol–water partition coefficient (Wildman–Crippen LogP) is 3.61. The highest BCUT2D eigenvalue weighted by atomic mass is 19.1. The fourth-order valence-corrected chi connectivity index (χ4v) is 4.28. The Kier molecular flexibility index (Phi) is 5.85. The molecular formula is C19H29FN2. The van der Waals surface area contributed by atoms with Gasteiger partial charge in [-0.2, -0.15) is 0 Å². The molecular weight excluding hydrogens is 275 g/mol. The third kappa shape index (κ3) is 4.08. The summed E-state index contributed by atoms with van der Waals surface area (Å²) in [5, 5.41) is 3.50. The number of hydrogen-bond donors (Lipinski definition) is 1. The van der Waals surface area contributed by atoms with E-state index in [1.165, 1.54) is 45.1 Å². The second-order valence-corrected chi connectivity index (χ2v) is 6.88. The van der Waals surface area contributed by atoms with E-state index in [0.717, 1.165) is 43.6 Å². The first-order valence-corrected chi connectivity index (χ1v) is 9.03. The minimum atomic E-state index is -0.0784. The van der Waals surface area contributed by atoms with Crippen LogP contribution in [0.2, 0.25) is 0 Å². The van der Waals surface area contributed by atoms with Crippen LogP contribution in [0.25, 0.3) is 0 Å². The number of nitrogens with one attached hydrogen (secondary N) is 1. The monoisotopic (exact) mass is 304 g/mol. The molecule has 22 heavy (non-hydrogen) atoms. The molecule has 2 aliphatic rings. The Morgan fingerprint density at radius 3 is 2.77 bits per heavy atom. The molecule has 1 saturated heterocycles. The largest absolute Gasteiger partial charge is 0.315 e. The first-order chi connectivity index (χ1) is 10.8. The van der Waals surface area contributed by atoms with Gasteiger partial charge in [-0.15, -0.1) is 0 Å². The zero-order chi connectivity index (χ0) is 15.2. The molecule has 3 heteroatoms. The molecule has 0 amide bonds. The fraction of sp³-hybridized carbons (Fsp3) is 0.684. The number of benzene rings is 1. The van der Waals surface area contributed by atoms with Gasteiger partial charge < -0.3 is 5.32 Å². The van der Waals surface area contributed by atoms with Crippen LogP contribution in [-0.4, -0.2) is 37.1 Å². The second-order valence-electron chi connectivity index (χ2n) is 6.88. The van der Waals surface area contributed by atoms with Gasteiger partial charge in [-0.25, -0.2) is 4.39 Å². The smallest absolute Gasteiger partial charge is 0.126 e. The van der Waals surface area contributed by atoms with Crippen LogP contribution in [0.1, 0.15) is 44.1 Å². The van der Waals surface area contributed by atoms with Crippen LogP contribution in [-0.2, 0) is 6.42 Å². The van der Waals surface area contributed by atoms with Gasteiger partial charge in [0, 0.05) is 19.1 Å². The van der Waals surface area contributed by atoms with E-state index < -0.39 is 0 Å². The summed E-state index contributed by atoms with van der Waals surface area (Å²) in [6.45, 7) is 4.31. The van der Waals surface area contributed by atoms with Gasteiger partial charge in [-0.05, 0) is 62.7 Å². The topological polar surface area (TPSA) is 15.3 Å². The molecule has 3 rings (SSSR count). The maximum absolute atomic E-state index is 13.5. The minimum absolute atomic E-state index is 0.0784. The number of halogens is 1. The second kappa shape index (κ2) is 8.07. The van der Waals surface area contributed by atoms with Gasteiger partial charge in [-0.1, -0.05) is 31.0 Å². The lowest BCUT2D eigenvalue weighted by molar-refractivity contribution is 0.0619. The summed E-state index contributed by atoms with van der Waals surface area (Å²) in [6, 6.07) is 7.94. The van der Waals surface area contributed by atoms with Crippen molar-refractivity contribution in [1.82, 2.24) is 10.2 Å². The quantitative estimate of drug-likeness (QED) is 0.808. The van der Waals surface area contributed by atoms with Gasteiger partial charge in [0.2, 0.25) is 0 Å². The van der Waals surface area contributed by atoms with E-state index in [4.69, 9.17) is 0 Å². The molecule has 0 bridgehead atoms. The Hall–Kier alpha value is -0.930. The molecule has 2 fully saturated rings. The van der Waals surface area contributed by atoms with E-state index in [0.29, 0.717) is 0 Å². The van der Waals surface area contributed by atoms with E-state index in [2.05, 4.69) is 10.2 Å². The molecule has 1 saturated carbocycles. The molecule has 0 radical (unpaired) electrons. The average Bonchev–Trinajstić information content (AvgIpc) is 2.56. The van der Waals surface area contributed by atoms with E-state index in [9.17, 15) is 4.39 Å². The number of fused-ring (bicyclic) bond motifs is 1. The minimum Gasteiger partial charge on any atom is -0.315 e. The van der Waals surface area contributed by atoms with Crippen molar-refractivity contribution in [3.8, 4) is 0 Å². The Bertz CT molecular complexity index is 461. The first kappa shape index (κ1) is 15.9. The fourth-order valence-electron chi connectivity index (χ4n) is 4.28. The Morgan fingerprint density at radius 1 is 1.05 bits per heavy atom. The highest BCUT2D eigenvalue weighted by Gasteiger charge is 2.32. The maximum atomic E-state index is 13.5. The van der Waals surface area contributed by atoms with Crippen molar-refractivity contribution in [3.05, 3.63) is 35.6 Å². The van der Waals surface area contributed by atoms with Gasteiger partial charge in [0.25, 0.3) is 0 Å². The Labute approximate surface area is 134 Å². The summed E-state index contributed by atoms with van der Waals surface area (Å²) in [5.41, 5.74) is 0.820. The van der Waals surface area contributed by atoms with Crippen molar-refractivity contribution < 1.29 is 4.39 Å². The van der Waals surface area contributed by atoms with E-state index in [1.54, 1.807) is 12.1 Å². The SMILES string of the molecule is Fc1ccccc1CCNCCN1CCCC2CCCCC21. The summed E-state index contributed by atoms with van der Waals surface area (Å²) >= 11 is 0. The van der Waals surface area contributed by atoms with Crippen molar-refractivity contribution in [1.29, 1.82) is 0 Å². The van der Waals surface area contributed by atoms with E-state index in [1.807, 2.05) is 12.1 Å². The molecule has 1 N–H and O–H groups in total. The summed E-state index contributed by atoms with van der Waals surface area (Å²) in [5.74, 6) is 0.881. The summed E-state index contributed by atoms with van der Waals surface area (Å²) < 4.78 is 13.5. The van der Waals surface area contributed by atoms with Crippen molar-refractivity contribution in [3.63, 3.8) is 0 Å². The number of hydrogen-bond acceptors (Lipinski definition) is 2. The molecule has 1 aliphatic carbocycles. The lowest BCUT2D eigenvalue weighted by atomic mass is 9.78. The maximum Gasteiger partial charge on any atom is 0.126 e. The molecule has 0 spiro atoms. The van der Waals surface area contributed by atoms with Crippen LogP contribution < -0.4 is 5.32 Å². The first-order valence-electron chi connectivity index (χ1n) is 9.03. The molecule has 0 aromatic heterocycles. The van der Waals surface area contributed by atoms with Crippen LogP contribution in [0.3, 0.4) is 0 Å².